The number of aryl methyl sites for hydroxylation is 1. The van der Waals surface area contributed by atoms with Gasteiger partial charge in [-0.05, 0) is 43.9 Å². The molecule has 2 rings (SSSR count). The smallest absolute Gasteiger partial charge is 0.243 e. The number of hydrogen-bond acceptors (Lipinski definition) is 3. The Morgan fingerprint density at radius 2 is 1.77 bits per heavy atom. The lowest BCUT2D eigenvalue weighted by Crippen LogP contribution is -2.35. The van der Waals surface area contributed by atoms with Gasteiger partial charge in [0, 0.05) is 26.1 Å². The summed E-state index contributed by atoms with van der Waals surface area (Å²) in [6.07, 6.45) is 4.01. The number of sulfonamides is 1. The Labute approximate surface area is 132 Å². The van der Waals surface area contributed by atoms with Gasteiger partial charge in [0.25, 0.3) is 0 Å². The van der Waals surface area contributed by atoms with E-state index in [9.17, 15) is 13.2 Å². The zero-order valence-corrected chi connectivity index (χ0v) is 13.9. The third-order valence-electron chi connectivity index (χ3n) is 3.89. The van der Waals surface area contributed by atoms with E-state index in [2.05, 4.69) is 5.32 Å². The van der Waals surface area contributed by atoms with Crippen LogP contribution in [0.4, 0.5) is 0 Å². The Morgan fingerprint density at radius 3 is 2.36 bits per heavy atom. The SMILES string of the molecule is CCNC(=O)CCc1ccc(S(=O)(=O)N2CCCCC2)cc1. The summed E-state index contributed by atoms with van der Waals surface area (Å²) in [7, 11) is -3.36. The number of benzene rings is 1. The number of piperidine rings is 1. The molecule has 1 N–H and O–H groups in total. The van der Waals surface area contributed by atoms with Crippen molar-refractivity contribution >= 4 is 15.9 Å². The first kappa shape index (κ1) is 17.0. The molecule has 1 fully saturated rings. The van der Waals surface area contributed by atoms with E-state index < -0.39 is 10.0 Å². The number of nitrogens with one attached hydrogen (secondary N) is 1. The van der Waals surface area contributed by atoms with Crippen molar-refractivity contribution in [3.8, 4) is 0 Å². The number of carbonyl (C=O) groups excluding carboxylic acids is 1. The van der Waals surface area contributed by atoms with Crippen LogP contribution in [0.3, 0.4) is 0 Å². The predicted molar refractivity (Wildman–Crippen MR) is 86.1 cm³/mol. The maximum absolute atomic E-state index is 12.5. The molecule has 5 nitrogen and oxygen atoms in total. The molecule has 0 aromatic heterocycles. The Kier molecular flexibility index (Phi) is 5.97. The molecular weight excluding hydrogens is 300 g/mol. The molecule has 0 unspecified atom stereocenters. The van der Waals surface area contributed by atoms with Gasteiger partial charge in [-0.15, -0.1) is 0 Å². The molecule has 1 aromatic rings. The van der Waals surface area contributed by atoms with E-state index in [0.29, 0.717) is 37.4 Å². The van der Waals surface area contributed by atoms with E-state index in [4.69, 9.17) is 0 Å². The molecule has 1 aliphatic heterocycles. The van der Waals surface area contributed by atoms with Crippen LogP contribution in [0.5, 0.6) is 0 Å². The number of rotatable bonds is 6. The van der Waals surface area contributed by atoms with Crippen molar-refractivity contribution in [2.75, 3.05) is 19.6 Å². The van der Waals surface area contributed by atoms with Crippen molar-refractivity contribution < 1.29 is 13.2 Å². The highest BCUT2D eigenvalue weighted by Gasteiger charge is 2.25. The van der Waals surface area contributed by atoms with Crippen LogP contribution in [0.25, 0.3) is 0 Å². The quantitative estimate of drug-likeness (QED) is 0.869. The minimum absolute atomic E-state index is 0.0208. The number of carbonyl (C=O) groups is 1. The van der Waals surface area contributed by atoms with Gasteiger partial charge in [-0.3, -0.25) is 4.79 Å². The van der Waals surface area contributed by atoms with Crippen molar-refractivity contribution in [3.63, 3.8) is 0 Å². The topological polar surface area (TPSA) is 66.5 Å². The average Bonchev–Trinajstić information content (AvgIpc) is 2.54. The third kappa shape index (κ3) is 4.30. The van der Waals surface area contributed by atoms with E-state index in [-0.39, 0.29) is 5.91 Å². The van der Waals surface area contributed by atoms with Gasteiger partial charge in [-0.2, -0.15) is 4.31 Å². The Bertz CT molecular complexity index is 590. The van der Waals surface area contributed by atoms with E-state index in [1.54, 1.807) is 28.6 Å². The fraction of sp³-hybridized carbons (Fsp3) is 0.562. The molecule has 0 spiro atoms. The van der Waals surface area contributed by atoms with Gasteiger partial charge in [0.05, 0.1) is 4.90 Å². The van der Waals surface area contributed by atoms with Gasteiger partial charge in [-0.25, -0.2) is 8.42 Å². The Morgan fingerprint density at radius 1 is 1.14 bits per heavy atom. The molecule has 0 bridgehead atoms. The van der Waals surface area contributed by atoms with Crippen LogP contribution < -0.4 is 5.32 Å². The van der Waals surface area contributed by atoms with E-state index in [1.165, 1.54) is 0 Å². The number of hydrogen-bond donors (Lipinski definition) is 1. The van der Waals surface area contributed by atoms with Gasteiger partial charge in [-0.1, -0.05) is 18.6 Å². The molecule has 22 heavy (non-hydrogen) atoms. The van der Waals surface area contributed by atoms with Gasteiger partial charge in [0.2, 0.25) is 15.9 Å². The molecule has 1 aliphatic rings. The van der Waals surface area contributed by atoms with Crippen molar-refractivity contribution in [3.05, 3.63) is 29.8 Å². The number of nitrogens with zero attached hydrogens (tertiary/aromatic N) is 1. The second kappa shape index (κ2) is 7.74. The van der Waals surface area contributed by atoms with Gasteiger partial charge in [0.15, 0.2) is 0 Å². The van der Waals surface area contributed by atoms with Crippen LogP contribution in [-0.2, 0) is 21.2 Å². The number of amides is 1. The van der Waals surface area contributed by atoms with Crippen molar-refractivity contribution in [2.45, 2.75) is 43.9 Å². The first-order chi connectivity index (χ1) is 10.5. The highest BCUT2D eigenvalue weighted by atomic mass is 32.2. The molecule has 0 saturated carbocycles. The fourth-order valence-electron chi connectivity index (χ4n) is 2.63. The normalized spacial score (nSPS) is 16.4. The summed E-state index contributed by atoms with van der Waals surface area (Å²) in [6, 6.07) is 6.90. The van der Waals surface area contributed by atoms with Crippen molar-refractivity contribution in [1.29, 1.82) is 0 Å². The highest BCUT2D eigenvalue weighted by Crippen LogP contribution is 2.21. The summed E-state index contributed by atoms with van der Waals surface area (Å²) in [4.78, 5) is 11.8. The minimum atomic E-state index is -3.36. The van der Waals surface area contributed by atoms with E-state index >= 15 is 0 Å². The lowest BCUT2D eigenvalue weighted by Gasteiger charge is -2.25. The molecule has 1 amide bonds. The van der Waals surface area contributed by atoms with Crippen LogP contribution in [0.15, 0.2) is 29.2 Å². The third-order valence-corrected chi connectivity index (χ3v) is 5.80. The van der Waals surface area contributed by atoms with Crippen LogP contribution in [0, 0.1) is 0 Å². The van der Waals surface area contributed by atoms with Crippen LogP contribution >= 0.6 is 0 Å². The lowest BCUT2D eigenvalue weighted by molar-refractivity contribution is -0.120. The van der Waals surface area contributed by atoms with E-state index in [1.807, 2.05) is 6.92 Å². The van der Waals surface area contributed by atoms with Gasteiger partial charge < -0.3 is 5.32 Å². The standard InChI is InChI=1S/C16H24N2O3S/c1-2-17-16(19)11-8-14-6-9-15(10-7-14)22(20,21)18-12-4-3-5-13-18/h6-7,9-10H,2-5,8,11-13H2,1H3,(H,17,19). The minimum Gasteiger partial charge on any atom is -0.356 e. The first-order valence-electron chi connectivity index (χ1n) is 7.90. The Balaban J connectivity index is 2.00. The summed E-state index contributed by atoms with van der Waals surface area (Å²) in [5.41, 5.74) is 0.976. The van der Waals surface area contributed by atoms with Gasteiger partial charge in [0.1, 0.15) is 0 Å². The molecule has 0 atom stereocenters. The summed E-state index contributed by atoms with van der Waals surface area (Å²) < 4.78 is 26.6. The van der Waals surface area contributed by atoms with Crippen LogP contribution in [0.2, 0.25) is 0 Å². The zero-order chi connectivity index (χ0) is 16.0. The van der Waals surface area contributed by atoms with Crippen LogP contribution in [-0.4, -0.2) is 38.3 Å². The largest absolute Gasteiger partial charge is 0.356 e. The van der Waals surface area contributed by atoms with E-state index in [0.717, 1.165) is 24.8 Å². The molecule has 1 aromatic carbocycles. The summed E-state index contributed by atoms with van der Waals surface area (Å²) in [5, 5.41) is 2.75. The summed E-state index contributed by atoms with van der Waals surface area (Å²) in [6.45, 7) is 3.74. The molecule has 1 saturated heterocycles. The summed E-state index contributed by atoms with van der Waals surface area (Å²) in [5.74, 6) is 0.0208. The lowest BCUT2D eigenvalue weighted by atomic mass is 10.1. The second-order valence-corrected chi connectivity index (χ2v) is 7.50. The molecular formula is C16H24N2O3S. The van der Waals surface area contributed by atoms with Crippen molar-refractivity contribution in [2.24, 2.45) is 0 Å². The van der Waals surface area contributed by atoms with Crippen molar-refractivity contribution in [1.82, 2.24) is 9.62 Å². The first-order valence-corrected chi connectivity index (χ1v) is 9.34. The zero-order valence-electron chi connectivity index (χ0n) is 13.0. The predicted octanol–water partition coefficient (Wildman–Crippen LogP) is 1.93. The monoisotopic (exact) mass is 324 g/mol. The molecule has 0 aliphatic carbocycles. The molecule has 6 heteroatoms. The van der Waals surface area contributed by atoms with Gasteiger partial charge >= 0.3 is 0 Å². The highest BCUT2D eigenvalue weighted by molar-refractivity contribution is 7.89. The molecule has 1 heterocycles. The summed E-state index contributed by atoms with van der Waals surface area (Å²) >= 11 is 0. The van der Waals surface area contributed by atoms with Crippen LogP contribution in [0.1, 0.15) is 38.2 Å². The molecule has 122 valence electrons. The second-order valence-electron chi connectivity index (χ2n) is 5.56. The maximum Gasteiger partial charge on any atom is 0.243 e. The molecule has 0 radical (unpaired) electrons. The maximum atomic E-state index is 12.5. The fourth-order valence-corrected chi connectivity index (χ4v) is 4.14. The Hall–Kier alpha value is -1.40. The average molecular weight is 324 g/mol.